The summed E-state index contributed by atoms with van der Waals surface area (Å²) in [7, 11) is 0. The molecule has 1 heterocycles. The van der Waals surface area contributed by atoms with Crippen molar-refractivity contribution in [2.45, 2.75) is 26.4 Å². The lowest BCUT2D eigenvalue weighted by Crippen LogP contribution is -2.47. The molecule has 0 radical (unpaired) electrons. The van der Waals surface area contributed by atoms with Crippen molar-refractivity contribution in [1.82, 2.24) is 9.80 Å². The first-order chi connectivity index (χ1) is 13.6. The molecule has 1 amide bonds. The molecule has 150 valence electrons. The van der Waals surface area contributed by atoms with Gasteiger partial charge in [0.2, 0.25) is 5.91 Å². The highest BCUT2D eigenvalue weighted by Crippen LogP contribution is 2.13. The average Bonchev–Trinajstić information content (AvgIpc) is 2.71. The Balaban J connectivity index is 1.63. The molecule has 1 aliphatic heterocycles. The Morgan fingerprint density at radius 1 is 1.11 bits per heavy atom. The second-order valence-corrected chi connectivity index (χ2v) is 7.57. The molecule has 0 aliphatic carbocycles. The van der Waals surface area contributed by atoms with E-state index < -0.39 is 0 Å². The summed E-state index contributed by atoms with van der Waals surface area (Å²) in [5.41, 5.74) is 3.25. The van der Waals surface area contributed by atoms with Gasteiger partial charge in [-0.15, -0.1) is 0 Å². The number of rotatable bonds is 8. The Morgan fingerprint density at radius 3 is 2.46 bits per heavy atom. The summed E-state index contributed by atoms with van der Waals surface area (Å²) in [6, 6.07) is 18.5. The van der Waals surface area contributed by atoms with Gasteiger partial charge >= 0.3 is 0 Å². The molecule has 0 bridgehead atoms. The van der Waals surface area contributed by atoms with Gasteiger partial charge in [0.05, 0.1) is 19.8 Å². The van der Waals surface area contributed by atoms with Crippen molar-refractivity contribution in [3.63, 3.8) is 0 Å². The fourth-order valence-electron chi connectivity index (χ4n) is 3.48. The average molecular weight is 382 g/mol. The first-order valence-electron chi connectivity index (χ1n) is 10.0. The van der Waals surface area contributed by atoms with Gasteiger partial charge < -0.3 is 10.1 Å². The van der Waals surface area contributed by atoms with Gasteiger partial charge in [0.25, 0.3) is 0 Å². The topological polar surface area (TPSA) is 44.8 Å². The maximum atomic E-state index is 12.7. The molecule has 0 aromatic heterocycles. The predicted octanol–water partition coefficient (Wildman–Crippen LogP) is 3.16. The molecular formula is C23H31N3O2. The summed E-state index contributed by atoms with van der Waals surface area (Å²) in [6.07, 6.45) is 0. The Bertz CT molecular complexity index is 727. The summed E-state index contributed by atoms with van der Waals surface area (Å²) < 4.78 is 5.46. The molecule has 0 spiro atoms. The SMILES string of the molecule is Cc1ccc(NC(=O)CN(Cc2ccccc2)C(C)CN2CCOCC2)cc1. The maximum absolute atomic E-state index is 12.7. The molecule has 1 atom stereocenters. The van der Waals surface area contributed by atoms with Crippen LogP contribution in [0.15, 0.2) is 54.6 Å². The zero-order valence-electron chi connectivity index (χ0n) is 16.9. The van der Waals surface area contributed by atoms with E-state index in [0.29, 0.717) is 6.54 Å². The van der Waals surface area contributed by atoms with Crippen LogP contribution < -0.4 is 5.32 Å². The normalized spacial score (nSPS) is 16.1. The van der Waals surface area contributed by atoms with E-state index in [4.69, 9.17) is 4.74 Å². The summed E-state index contributed by atoms with van der Waals surface area (Å²) in [6.45, 7) is 9.81. The third-order valence-corrected chi connectivity index (χ3v) is 5.16. The van der Waals surface area contributed by atoms with Crippen molar-refractivity contribution >= 4 is 11.6 Å². The van der Waals surface area contributed by atoms with Crippen LogP contribution in [0.2, 0.25) is 0 Å². The van der Waals surface area contributed by atoms with Crippen LogP contribution >= 0.6 is 0 Å². The van der Waals surface area contributed by atoms with E-state index in [1.54, 1.807) is 0 Å². The lowest BCUT2D eigenvalue weighted by Gasteiger charge is -2.34. The van der Waals surface area contributed by atoms with Crippen LogP contribution in [0.5, 0.6) is 0 Å². The monoisotopic (exact) mass is 381 g/mol. The minimum absolute atomic E-state index is 0.0219. The lowest BCUT2D eigenvalue weighted by atomic mass is 10.1. The maximum Gasteiger partial charge on any atom is 0.238 e. The van der Waals surface area contributed by atoms with E-state index in [-0.39, 0.29) is 11.9 Å². The quantitative estimate of drug-likeness (QED) is 0.763. The number of nitrogens with one attached hydrogen (secondary N) is 1. The molecule has 1 unspecified atom stereocenters. The predicted molar refractivity (Wildman–Crippen MR) is 113 cm³/mol. The van der Waals surface area contributed by atoms with Crippen LogP contribution in [0.3, 0.4) is 0 Å². The van der Waals surface area contributed by atoms with Crippen LogP contribution in [0, 0.1) is 6.92 Å². The van der Waals surface area contributed by atoms with Crippen molar-refractivity contribution in [2.24, 2.45) is 0 Å². The van der Waals surface area contributed by atoms with Crippen LogP contribution in [-0.4, -0.2) is 61.1 Å². The summed E-state index contributed by atoms with van der Waals surface area (Å²) in [5, 5.41) is 3.03. The second-order valence-electron chi connectivity index (χ2n) is 7.57. The Kier molecular flexibility index (Phi) is 7.60. The van der Waals surface area contributed by atoms with Crippen LogP contribution in [-0.2, 0) is 16.1 Å². The van der Waals surface area contributed by atoms with Gasteiger partial charge in [-0.3, -0.25) is 14.6 Å². The molecule has 2 aromatic rings. The first-order valence-corrected chi connectivity index (χ1v) is 10.0. The third-order valence-electron chi connectivity index (χ3n) is 5.16. The highest BCUT2D eigenvalue weighted by molar-refractivity contribution is 5.92. The molecule has 28 heavy (non-hydrogen) atoms. The molecule has 5 heteroatoms. The number of carbonyl (C=O) groups is 1. The van der Waals surface area contributed by atoms with Gasteiger partial charge in [-0.05, 0) is 31.5 Å². The largest absolute Gasteiger partial charge is 0.379 e. The third kappa shape index (κ3) is 6.44. The Labute approximate surface area is 168 Å². The van der Waals surface area contributed by atoms with Crippen molar-refractivity contribution < 1.29 is 9.53 Å². The van der Waals surface area contributed by atoms with E-state index in [2.05, 4.69) is 34.2 Å². The number of carbonyl (C=O) groups excluding carboxylic acids is 1. The molecule has 1 fully saturated rings. The highest BCUT2D eigenvalue weighted by atomic mass is 16.5. The van der Waals surface area contributed by atoms with Gasteiger partial charge in [-0.2, -0.15) is 0 Å². The fraction of sp³-hybridized carbons (Fsp3) is 0.435. The summed E-state index contributed by atoms with van der Waals surface area (Å²) in [4.78, 5) is 17.4. The standard InChI is InChI=1S/C23H31N3O2/c1-19-8-10-22(11-9-19)24-23(27)18-26(17-21-6-4-3-5-7-21)20(2)16-25-12-14-28-15-13-25/h3-11,20H,12-18H2,1-2H3,(H,24,27). The fourth-order valence-corrected chi connectivity index (χ4v) is 3.48. The Hall–Kier alpha value is -2.21. The van der Waals surface area contributed by atoms with Crippen molar-refractivity contribution in [2.75, 3.05) is 44.7 Å². The summed E-state index contributed by atoms with van der Waals surface area (Å²) >= 11 is 0. The van der Waals surface area contributed by atoms with E-state index in [1.165, 1.54) is 11.1 Å². The van der Waals surface area contributed by atoms with Crippen LogP contribution in [0.4, 0.5) is 5.69 Å². The minimum atomic E-state index is 0.0219. The number of ether oxygens (including phenoxy) is 1. The molecule has 1 saturated heterocycles. The molecule has 1 aliphatic rings. The van der Waals surface area contributed by atoms with Gasteiger partial charge in [-0.1, -0.05) is 48.0 Å². The van der Waals surface area contributed by atoms with E-state index >= 15 is 0 Å². The molecule has 5 nitrogen and oxygen atoms in total. The number of amides is 1. The van der Waals surface area contributed by atoms with E-state index in [0.717, 1.165) is 45.1 Å². The van der Waals surface area contributed by atoms with Crippen molar-refractivity contribution in [1.29, 1.82) is 0 Å². The number of anilines is 1. The van der Waals surface area contributed by atoms with Gasteiger partial charge in [0.1, 0.15) is 0 Å². The van der Waals surface area contributed by atoms with Crippen molar-refractivity contribution in [3.8, 4) is 0 Å². The summed E-state index contributed by atoms with van der Waals surface area (Å²) in [5.74, 6) is 0.0219. The number of nitrogens with zero attached hydrogens (tertiary/aromatic N) is 2. The molecule has 0 saturated carbocycles. The second kappa shape index (κ2) is 10.4. The Morgan fingerprint density at radius 2 is 1.79 bits per heavy atom. The van der Waals surface area contributed by atoms with Gasteiger partial charge in [0.15, 0.2) is 0 Å². The lowest BCUT2D eigenvalue weighted by molar-refractivity contribution is -0.118. The molecule has 1 N–H and O–H groups in total. The number of hydrogen-bond acceptors (Lipinski definition) is 4. The number of morpholine rings is 1. The number of benzene rings is 2. The molecular weight excluding hydrogens is 350 g/mol. The number of aryl methyl sites for hydroxylation is 1. The molecule has 2 aromatic carbocycles. The van der Waals surface area contributed by atoms with Crippen LogP contribution in [0.25, 0.3) is 0 Å². The van der Waals surface area contributed by atoms with E-state index in [9.17, 15) is 4.79 Å². The van der Waals surface area contributed by atoms with Crippen LogP contribution in [0.1, 0.15) is 18.1 Å². The zero-order valence-corrected chi connectivity index (χ0v) is 16.9. The molecule has 3 rings (SSSR count). The highest BCUT2D eigenvalue weighted by Gasteiger charge is 2.21. The van der Waals surface area contributed by atoms with E-state index in [1.807, 2.05) is 49.4 Å². The van der Waals surface area contributed by atoms with Gasteiger partial charge in [0, 0.05) is 37.9 Å². The van der Waals surface area contributed by atoms with Gasteiger partial charge in [-0.25, -0.2) is 0 Å². The minimum Gasteiger partial charge on any atom is -0.379 e. The van der Waals surface area contributed by atoms with Crippen molar-refractivity contribution in [3.05, 3.63) is 65.7 Å². The smallest absolute Gasteiger partial charge is 0.238 e. The number of hydrogen-bond donors (Lipinski definition) is 1. The first kappa shape index (κ1) is 20.5. The zero-order chi connectivity index (χ0) is 19.8.